The van der Waals surface area contributed by atoms with Gasteiger partial charge in [0.1, 0.15) is 0 Å². The first-order valence-corrected chi connectivity index (χ1v) is 4.47. The van der Waals surface area contributed by atoms with E-state index in [2.05, 4.69) is 20.4 Å². The summed E-state index contributed by atoms with van der Waals surface area (Å²) in [5.41, 5.74) is 7.73. The molecule has 0 aromatic heterocycles. The van der Waals surface area contributed by atoms with Crippen LogP contribution in [0.3, 0.4) is 0 Å². The van der Waals surface area contributed by atoms with Crippen LogP contribution in [-0.2, 0) is 0 Å². The van der Waals surface area contributed by atoms with E-state index in [0.717, 1.165) is 11.8 Å². The topological polar surface area (TPSA) is 26.0 Å². The number of fused-ring (bicyclic) bond motifs is 2. The van der Waals surface area contributed by atoms with Crippen molar-refractivity contribution < 1.29 is 0 Å². The fraction of sp³-hybridized carbons (Fsp3) is 0.800. The highest BCUT2D eigenvalue weighted by molar-refractivity contribution is 5.85. The van der Waals surface area contributed by atoms with Gasteiger partial charge < -0.3 is 5.73 Å². The molecule has 0 radical (unpaired) electrons. The van der Waals surface area contributed by atoms with Crippen LogP contribution in [0.1, 0.15) is 26.7 Å². The second kappa shape index (κ2) is 2.74. The van der Waals surface area contributed by atoms with Crippen molar-refractivity contribution in [3.8, 4) is 0 Å². The van der Waals surface area contributed by atoms with Gasteiger partial charge in [0, 0.05) is 6.04 Å². The minimum Gasteiger partial charge on any atom is -0.324 e. The lowest BCUT2D eigenvalue weighted by Crippen LogP contribution is -2.55. The zero-order chi connectivity index (χ0) is 8.22. The van der Waals surface area contributed by atoms with Gasteiger partial charge in [0.2, 0.25) is 0 Å². The summed E-state index contributed by atoms with van der Waals surface area (Å²) < 4.78 is 0. The summed E-state index contributed by atoms with van der Waals surface area (Å²) in [6, 6.07) is 0.298. The third-order valence-corrected chi connectivity index (χ3v) is 3.93. The Balaban J connectivity index is 0.000000720. The predicted octanol–water partition coefficient (Wildman–Crippen LogP) is 2.36. The average Bonchev–Trinajstić information content (AvgIpc) is 1.93. The van der Waals surface area contributed by atoms with E-state index in [0.29, 0.717) is 11.5 Å². The molecule has 1 nitrogen and oxygen atoms in total. The maximum Gasteiger partial charge on any atom is 0.0256 e. The van der Waals surface area contributed by atoms with E-state index in [9.17, 15) is 0 Å². The number of hydrogen-bond acceptors (Lipinski definition) is 1. The fourth-order valence-electron chi connectivity index (χ4n) is 2.76. The molecule has 0 heterocycles. The monoisotopic (exact) mass is 187 g/mol. The Labute approximate surface area is 80.8 Å². The first kappa shape index (κ1) is 10.1. The molecule has 3 saturated carbocycles. The Hall–Kier alpha value is -0.0100. The summed E-state index contributed by atoms with van der Waals surface area (Å²) in [6.07, 6.45) is 2.52. The second-order valence-electron chi connectivity index (χ2n) is 4.72. The molecule has 0 aliphatic heterocycles. The summed E-state index contributed by atoms with van der Waals surface area (Å²) in [4.78, 5) is 0. The first-order chi connectivity index (χ1) is 5.03. The minimum absolute atomic E-state index is 0. The van der Waals surface area contributed by atoms with E-state index in [1.165, 1.54) is 18.4 Å². The molecule has 2 bridgehead atoms. The molecule has 3 atom stereocenters. The molecule has 0 aromatic rings. The molecule has 2 heteroatoms. The van der Waals surface area contributed by atoms with Crippen molar-refractivity contribution in [2.24, 2.45) is 23.0 Å². The van der Waals surface area contributed by atoms with Crippen LogP contribution in [-0.4, -0.2) is 6.04 Å². The van der Waals surface area contributed by atoms with Gasteiger partial charge in [-0.15, -0.1) is 12.4 Å². The molecule has 3 unspecified atom stereocenters. The molecule has 0 aromatic carbocycles. The van der Waals surface area contributed by atoms with Gasteiger partial charge in [-0.3, -0.25) is 0 Å². The van der Waals surface area contributed by atoms with Crippen molar-refractivity contribution in [3.05, 3.63) is 12.2 Å². The van der Waals surface area contributed by atoms with Crippen LogP contribution in [0.2, 0.25) is 0 Å². The largest absolute Gasteiger partial charge is 0.324 e. The van der Waals surface area contributed by atoms with Crippen molar-refractivity contribution >= 4 is 12.4 Å². The predicted molar refractivity (Wildman–Crippen MR) is 54.4 cm³/mol. The summed E-state index contributed by atoms with van der Waals surface area (Å²) in [6.45, 7) is 8.78. The van der Waals surface area contributed by atoms with Crippen LogP contribution in [0.25, 0.3) is 0 Å². The molecule has 3 aliphatic rings. The van der Waals surface area contributed by atoms with Crippen LogP contribution in [0.4, 0.5) is 0 Å². The summed E-state index contributed by atoms with van der Waals surface area (Å²) >= 11 is 0. The zero-order valence-electron chi connectivity index (χ0n) is 7.84. The van der Waals surface area contributed by atoms with Gasteiger partial charge in [0.05, 0.1) is 0 Å². The lowest BCUT2D eigenvalue weighted by atomic mass is 9.46. The highest BCUT2D eigenvalue weighted by atomic mass is 35.5. The van der Waals surface area contributed by atoms with Crippen molar-refractivity contribution in [1.82, 2.24) is 0 Å². The third-order valence-electron chi connectivity index (χ3n) is 3.93. The van der Waals surface area contributed by atoms with E-state index in [1.54, 1.807) is 0 Å². The highest BCUT2D eigenvalue weighted by Gasteiger charge is 2.53. The standard InChI is InChI=1S/C10H17N.ClH/c1-6-8-4-7(5-9(6)11)10(8,2)3;/h7-9H,1,4-5,11H2,2-3H3;1H. The van der Waals surface area contributed by atoms with E-state index in [-0.39, 0.29) is 12.4 Å². The van der Waals surface area contributed by atoms with Crippen molar-refractivity contribution in [1.29, 1.82) is 0 Å². The lowest BCUT2D eigenvalue weighted by molar-refractivity contribution is -0.0336. The van der Waals surface area contributed by atoms with E-state index >= 15 is 0 Å². The van der Waals surface area contributed by atoms with Crippen LogP contribution in [0.5, 0.6) is 0 Å². The maximum atomic E-state index is 5.92. The second-order valence-corrected chi connectivity index (χ2v) is 4.72. The first-order valence-electron chi connectivity index (χ1n) is 4.47. The molecule has 12 heavy (non-hydrogen) atoms. The number of hydrogen-bond donors (Lipinski definition) is 1. The van der Waals surface area contributed by atoms with Crippen LogP contribution >= 0.6 is 12.4 Å². The van der Waals surface area contributed by atoms with Gasteiger partial charge in [-0.05, 0) is 30.1 Å². The molecule has 3 fully saturated rings. The van der Waals surface area contributed by atoms with E-state index < -0.39 is 0 Å². The van der Waals surface area contributed by atoms with Gasteiger partial charge in [0.15, 0.2) is 0 Å². The third kappa shape index (κ3) is 1.03. The van der Waals surface area contributed by atoms with Crippen molar-refractivity contribution in [2.45, 2.75) is 32.7 Å². The molecule has 0 amide bonds. The van der Waals surface area contributed by atoms with Crippen molar-refractivity contribution in [2.75, 3.05) is 0 Å². The Morgan fingerprint density at radius 3 is 2.33 bits per heavy atom. The Bertz CT molecular complexity index is 210. The van der Waals surface area contributed by atoms with Crippen molar-refractivity contribution in [3.63, 3.8) is 0 Å². The Morgan fingerprint density at radius 1 is 1.42 bits per heavy atom. The quantitative estimate of drug-likeness (QED) is 0.579. The fourth-order valence-corrected chi connectivity index (χ4v) is 2.76. The van der Waals surface area contributed by atoms with Gasteiger partial charge in [0.25, 0.3) is 0 Å². The van der Waals surface area contributed by atoms with E-state index in [1.807, 2.05) is 0 Å². The lowest BCUT2D eigenvalue weighted by Gasteiger charge is -2.59. The molecule has 3 rings (SSSR count). The number of nitrogens with two attached hydrogens (primary N) is 1. The van der Waals surface area contributed by atoms with Crippen LogP contribution < -0.4 is 5.73 Å². The molecule has 3 aliphatic carbocycles. The summed E-state index contributed by atoms with van der Waals surface area (Å²) in [5, 5.41) is 0. The summed E-state index contributed by atoms with van der Waals surface area (Å²) in [5.74, 6) is 1.59. The van der Waals surface area contributed by atoms with Gasteiger partial charge >= 0.3 is 0 Å². The Morgan fingerprint density at radius 2 is 2.00 bits per heavy atom. The van der Waals surface area contributed by atoms with E-state index in [4.69, 9.17) is 5.73 Å². The number of halogens is 1. The van der Waals surface area contributed by atoms with Gasteiger partial charge in [-0.25, -0.2) is 0 Å². The molecule has 0 saturated heterocycles. The molecular formula is C10H18ClN. The molecule has 0 spiro atoms. The van der Waals surface area contributed by atoms with Gasteiger partial charge in [-0.2, -0.15) is 0 Å². The zero-order valence-corrected chi connectivity index (χ0v) is 8.66. The summed E-state index contributed by atoms with van der Waals surface area (Å²) in [7, 11) is 0. The maximum absolute atomic E-state index is 5.92. The average molecular weight is 188 g/mol. The molecule has 70 valence electrons. The smallest absolute Gasteiger partial charge is 0.0256 e. The normalized spacial score (nSPS) is 42.9. The van der Waals surface area contributed by atoms with Crippen LogP contribution in [0.15, 0.2) is 12.2 Å². The van der Waals surface area contributed by atoms with Crippen LogP contribution in [0, 0.1) is 17.3 Å². The minimum atomic E-state index is 0. The molecular weight excluding hydrogens is 170 g/mol. The molecule has 2 N–H and O–H groups in total. The highest BCUT2D eigenvalue weighted by Crippen LogP contribution is 2.60. The Kier molecular flexibility index (Phi) is 2.30. The van der Waals surface area contributed by atoms with Gasteiger partial charge in [-0.1, -0.05) is 26.0 Å². The number of rotatable bonds is 0. The SMILES string of the molecule is C=C1C(N)CC2CC1C2(C)C.Cl.